The maximum atomic E-state index is 13.1. The van der Waals surface area contributed by atoms with Gasteiger partial charge < -0.3 is 0 Å². The number of hydrogen-bond acceptors (Lipinski definition) is 4. The first kappa shape index (κ1) is 13.6. The largest absolute Gasteiger partial charge is 0.268 e. The number of imidazole rings is 1. The van der Waals surface area contributed by atoms with Gasteiger partial charge in [-0.25, -0.2) is 4.98 Å². The van der Waals surface area contributed by atoms with Crippen LogP contribution in [0.3, 0.4) is 0 Å². The quantitative estimate of drug-likeness (QED) is 0.444. The molecule has 0 saturated heterocycles. The number of fused-ring (bicyclic) bond motifs is 2. The minimum absolute atomic E-state index is 0.101. The number of nitrogens with zero attached hydrogens (tertiary/aromatic N) is 4. The molecule has 3 heterocycles. The SMILES string of the molecule is N#Cc1ccc(-c2nc3cncc4c5ccccc5c(=O)n2c34)cc1. The molecule has 3 aromatic heterocycles. The van der Waals surface area contributed by atoms with Crippen LogP contribution >= 0.6 is 0 Å². The molecular weight excluding hydrogens is 312 g/mol. The van der Waals surface area contributed by atoms with Gasteiger partial charge in [-0.2, -0.15) is 5.26 Å². The average Bonchev–Trinajstić information content (AvgIpc) is 3.07. The number of hydrogen-bond donors (Lipinski definition) is 0. The second-order valence-corrected chi connectivity index (χ2v) is 5.87. The Kier molecular flexibility index (Phi) is 2.65. The Labute approximate surface area is 141 Å². The molecule has 116 valence electrons. The van der Waals surface area contributed by atoms with Gasteiger partial charge in [-0.3, -0.25) is 14.2 Å². The third-order valence-corrected chi connectivity index (χ3v) is 4.48. The first-order valence-electron chi connectivity index (χ1n) is 7.79. The zero-order valence-electron chi connectivity index (χ0n) is 13.0. The molecule has 5 heteroatoms. The van der Waals surface area contributed by atoms with Gasteiger partial charge in [0.2, 0.25) is 0 Å². The molecular formula is C20H10N4O. The highest BCUT2D eigenvalue weighted by molar-refractivity contribution is 6.10. The number of rotatable bonds is 1. The molecule has 0 fully saturated rings. The van der Waals surface area contributed by atoms with Gasteiger partial charge in [0.1, 0.15) is 11.3 Å². The zero-order valence-corrected chi connectivity index (χ0v) is 13.0. The normalized spacial score (nSPS) is 11.3. The Balaban J connectivity index is 1.99. The highest BCUT2D eigenvalue weighted by atomic mass is 16.1. The third kappa shape index (κ3) is 1.79. The van der Waals surface area contributed by atoms with Crippen LogP contribution in [0.2, 0.25) is 0 Å². The molecule has 0 spiro atoms. The lowest BCUT2D eigenvalue weighted by Gasteiger charge is -2.06. The van der Waals surface area contributed by atoms with Crippen molar-refractivity contribution >= 4 is 27.2 Å². The van der Waals surface area contributed by atoms with Gasteiger partial charge in [-0.05, 0) is 35.7 Å². The van der Waals surface area contributed by atoms with E-state index in [0.29, 0.717) is 22.3 Å². The number of aromatic nitrogens is 3. The summed E-state index contributed by atoms with van der Waals surface area (Å²) in [6.07, 6.45) is 3.44. The topological polar surface area (TPSA) is 71.0 Å². The molecule has 0 amide bonds. The van der Waals surface area contributed by atoms with Crippen molar-refractivity contribution in [2.24, 2.45) is 0 Å². The summed E-state index contributed by atoms with van der Waals surface area (Å²) in [5.41, 5.74) is 2.71. The molecule has 0 atom stereocenters. The van der Waals surface area contributed by atoms with E-state index in [1.165, 1.54) is 0 Å². The predicted molar refractivity (Wildman–Crippen MR) is 95.6 cm³/mol. The van der Waals surface area contributed by atoms with Crippen LogP contribution in [0.15, 0.2) is 65.7 Å². The molecule has 0 bridgehead atoms. The van der Waals surface area contributed by atoms with Crippen LogP contribution in [0.1, 0.15) is 5.56 Å². The van der Waals surface area contributed by atoms with Crippen molar-refractivity contribution < 1.29 is 0 Å². The van der Waals surface area contributed by atoms with E-state index in [4.69, 9.17) is 5.26 Å². The standard InChI is InChI=1S/C20H10N4O/c21-9-12-5-7-13(8-6-12)19-23-17-11-22-10-16-14-3-1-2-4-15(14)20(25)24(19)18(16)17/h1-8,10-11H. The van der Waals surface area contributed by atoms with Crippen LogP contribution in [0.25, 0.3) is 38.6 Å². The molecule has 0 radical (unpaired) electrons. The Morgan fingerprint density at radius 2 is 1.68 bits per heavy atom. The van der Waals surface area contributed by atoms with E-state index in [2.05, 4.69) is 16.0 Å². The summed E-state index contributed by atoms with van der Waals surface area (Å²) in [6, 6.07) is 16.7. The van der Waals surface area contributed by atoms with Crippen molar-refractivity contribution in [3.63, 3.8) is 0 Å². The minimum Gasteiger partial charge on any atom is -0.268 e. The fourth-order valence-corrected chi connectivity index (χ4v) is 3.34. The Hall–Kier alpha value is -3.78. The lowest BCUT2D eigenvalue weighted by Crippen LogP contribution is -2.14. The maximum Gasteiger partial charge on any atom is 0.264 e. The Morgan fingerprint density at radius 1 is 0.920 bits per heavy atom. The van der Waals surface area contributed by atoms with Crippen molar-refractivity contribution in [3.05, 3.63) is 76.8 Å². The summed E-state index contributed by atoms with van der Waals surface area (Å²) in [4.78, 5) is 22.1. The van der Waals surface area contributed by atoms with Crippen molar-refractivity contribution in [1.29, 1.82) is 5.26 Å². The monoisotopic (exact) mass is 322 g/mol. The fourth-order valence-electron chi connectivity index (χ4n) is 3.34. The average molecular weight is 322 g/mol. The first-order valence-corrected chi connectivity index (χ1v) is 7.79. The summed E-state index contributed by atoms with van der Waals surface area (Å²) in [5, 5.41) is 11.4. The summed E-state index contributed by atoms with van der Waals surface area (Å²) in [6.45, 7) is 0. The predicted octanol–water partition coefficient (Wildman–Crippen LogP) is 3.37. The van der Waals surface area contributed by atoms with E-state index in [1.807, 2.05) is 36.4 Å². The van der Waals surface area contributed by atoms with Gasteiger partial charge in [-0.1, -0.05) is 18.2 Å². The molecule has 25 heavy (non-hydrogen) atoms. The van der Waals surface area contributed by atoms with E-state index < -0.39 is 0 Å². The van der Waals surface area contributed by atoms with Crippen LogP contribution in [0, 0.1) is 11.3 Å². The van der Waals surface area contributed by atoms with Gasteiger partial charge in [0.15, 0.2) is 0 Å². The van der Waals surface area contributed by atoms with Crippen LogP contribution < -0.4 is 5.56 Å². The fraction of sp³-hybridized carbons (Fsp3) is 0. The summed E-state index contributed by atoms with van der Waals surface area (Å²) in [7, 11) is 0. The molecule has 0 aliphatic heterocycles. The van der Waals surface area contributed by atoms with Crippen LogP contribution in [-0.4, -0.2) is 14.4 Å². The summed E-state index contributed by atoms with van der Waals surface area (Å²) >= 11 is 0. The van der Waals surface area contributed by atoms with Gasteiger partial charge in [0.05, 0.1) is 23.3 Å². The van der Waals surface area contributed by atoms with Gasteiger partial charge in [0, 0.05) is 22.5 Å². The zero-order chi connectivity index (χ0) is 17.0. The van der Waals surface area contributed by atoms with E-state index in [1.54, 1.807) is 28.9 Å². The second-order valence-electron chi connectivity index (χ2n) is 5.87. The molecule has 0 aliphatic carbocycles. The van der Waals surface area contributed by atoms with E-state index in [9.17, 15) is 4.79 Å². The highest BCUT2D eigenvalue weighted by Crippen LogP contribution is 2.29. The van der Waals surface area contributed by atoms with Crippen molar-refractivity contribution in [1.82, 2.24) is 14.4 Å². The highest BCUT2D eigenvalue weighted by Gasteiger charge is 2.18. The molecule has 5 rings (SSSR count). The number of pyridine rings is 2. The Morgan fingerprint density at radius 3 is 2.44 bits per heavy atom. The molecule has 0 unspecified atom stereocenters. The van der Waals surface area contributed by atoms with E-state index in [0.717, 1.165) is 21.9 Å². The van der Waals surface area contributed by atoms with Crippen LogP contribution in [0.4, 0.5) is 0 Å². The summed E-state index contributed by atoms with van der Waals surface area (Å²) in [5.74, 6) is 0.563. The molecule has 0 saturated carbocycles. The smallest absolute Gasteiger partial charge is 0.264 e. The number of nitriles is 1. The van der Waals surface area contributed by atoms with Gasteiger partial charge in [0.25, 0.3) is 5.56 Å². The van der Waals surface area contributed by atoms with Gasteiger partial charge in [-0.15, -0.1) is 0 Å². The minimum atomic E-state index is -0.101. The summed E-state index contributed by atoms with van der Waals surface area (Å²) < 4.78 is 1.65. The molecule has 5 aromatic rings. The van der Waals surface area contributed by atoms with Crippen LogP contribution in [-0.2, 0) is 0 Å². The molecule has 2 aromatic carbocycles. The third-order valence-electron chi connectivity index (χ3n) is 4.48. The Bertz CT molecular complexity index is 1360. The number of benzene rings is 2. The molecule has 0 N–H and O–H groups in total. The lowest BCUT2D eigenvalue weighted by atomic mass is 10.1. The van der Waals surface area contributed by atoms with Crippen LogP contribution in [0.5, 0.6) is 0 Å². The van der Waals surface area contributed by atoms with E-state index in [-0.39, 0.29) is 5.56 Å². The second kappa shape index (κ2) is 4.86. The molecule has 0 aliphatic rings. The molecule has 5 nitrogen and oxygen atoms in total. The van der Waals surface area contributed by atoms with Crippen molar-refractivity contribution in [2.45, 2.75) is 0 Å². The van der Waals surface area contributed by atoms with Crippen molar-refractivity contribution in [3.8, 4) is 17.5 Å². The maximum absolute atomic E-state index is 13.1. The lowest BCUT2D eigenvalue weighted by molar-refractivity contribution is 1.13. The van der Waals surface area contributed by atoms with E-state index >= 15 is 0 Å². The van der Waals surface area contributed by atoms with Gasteiger partial charge >= 0.3 is 0 Å². The van der Waals surface area contributed by atoms with Crippen molar-refractivity contribution in [2.75, 3.05) is 0 Å². The first-order chi connectivity index (χ1) is 12.3.